The number of rotatable bonds is 4. The van der Waals surface area contributed by atoms with Crippen LogP contribution in [0.15, 0.2) is 18.2 Å². The summed E-state index contributed by atoms with van der Waals surface area (Å²) in [7, 11) is 0. The van der Waals surface area contributed by atoms with Gasteiger partial charge in [0.2, 0.25) is 0 Å². The first kappa shape index (κ1) is 13.2. The molecule has 0 radical (unpaired) electrons. The van der Waals surface area contributed by atoms with E-state index >= 15 is 0 Å². The predicted molar refractivity (Wildman–Crippen MR) is 67.7 cm³/mol. The van der Waals surface area contributed by atoms with Gasteiger partial charge >= 0.3 is 0 Å². The molecule has 2 N–H and O–H groups in total. The molecule has 0 spiro atoms. The lowest BCUT2D eigenvalue weighted by atomic mass is 9.85. The topological polar surface area (TPSA) is 43.1 Å². The van der Waals surface area contributed by atoms with E-state index < -0.39 is 5.41 Å². The molecule has 16 heavy (non-hydrogen) atoms. The van der Waals surface area contributed by atoms with E-state index in [1.807, 2.05) is 39.0 Å². The van der Waals surface area contributed by atoms with Gasteiger partial charge in [0.05, 0.1) is 0 Å². The van der Waals surface area contributed by atoms with Crippen LogP contribution in [0, 0.1) is 12.3 Å². The fourth-order valence-electron chi connectivity index (χ4n) is 1.32. The zero-order chi connectivity index (χ0) is 12.3. The van der Waals surface area contributed by atoms with Crippen LogP contribution in [0.4, 0.5) is 0 Å². The standard InChI is InChI=1S/C13H18ClNO/c1-9-4-5-10(11(14)6-9)7-12(16)13(2,3)8-15/h4-6H,7-8,15H2,1-3H3. The molecule has 1 rings (SSSR count). The number of hydrogen-bond acceptors (Lipinski definition) is 2. The average molecular weight is 240 g/mol. The molecule has 0 aliphatic carbocycles. The van der Waals surface area contributed by atoms with Gasteiger partial charge in [-0.25, -0.2) is 0 Å². The summed E-state index contributed by atoms with van der Waals surface area (Å²) in [6.45, 7) is 6.05. The molecular weight excluding hydrogens is 222 g/mol. The molecule has 0 saturated heterocycles. The van der Waals surface area contributed by atoms with Gasteiger partial charge in [-0.15, -0.1) is 0 Å². The van der Waals surface area contributed by atoms with Crippen LogP contribution in [0.3, 0.4) is 0 Å². The van der Waals surface area contributed by atoms with Gasteiger partial charge < -0.3 is 5.73 Å². The monoisotopic (exact) mass is 239 g/mol. The molecule has 0 saturated carbocycles. The van der Waals surface area contributed by atoms with Crippen molar-refractivity contribution in [2.75, 3.05) is 6.54 Å². The van der Waals surface area contributed by atoms with Gasteiger partial charge in [0.25, 0.3) is 0 Å². The third-order valence-corrected chi connectivity index (χ3v) is 3.18. The molecule has 0 fully saturated rings. The largest absolute Gasteiger partial charge is 0.329 e. The summed E-state index contributed by atoms with van der Waals surface area (Å²) in [5.41, 5.74) is 7.06. The fraction of sp³-hybridized carbons (Fsp3) is 0.462. The van der Waals surface area contributed by atoms with Crippen molar-refractivity contribution in [3.8, 4) is 0 Å². The third kappa shape index (κ3) is 3.06. The van der Waals surface area contributed by atoms with Crippen LogP contribution in [0.1, 0.15) is 25.0 Å². The van der Waals surface area contributed by atoms with E-state index in [9.17, 15) is 4.79 Å². The Hall–Kier alpha value is -0.860. The van der Waals surface area contributed by atoms with Gasteiger partial charge in [-0.3, -0.25) is 4.79 Å². The van der Waals surface area contributed by atoms with Crippen molar-refractivity contribution in [2.24, 2.45) is 11.1 Å². The lowest BCUT2D eigenvalue weighted by Gasteiger charge is -2.20. The molecule has 0 unspecified atom stereocenters. The molecule has 1 aromatic carbocycles. The third-order valence-electron chi connectivity index (χ3n) is 2.82. The number of halogens is 1. The van der Waals surface area contributed by atoms with Crippen molar-refractivity contribution in [1.29, 1.82) is 0 Å². The lowest BCUT2D eigenvalue weighted by molar-refractivity contribution is -0.125. The molecule has 88 valence electrons. The molecule has 0 aliphatic rings. The number of hydrogen-bond donors (Lipinski definition) is 1. The van der Waals surface area contributed by atoms with Crippen molar-refractivity contribution < 1.29 is 4.79 Å². The van der Waals surface area contributed by atoms with E-state index in [-0.39, 0.29) is 5.78 Å². The summed E-state index contributed by atoms with van der Waals surface area (Å²) < 4.78 is 0. The smallest absolute Gasteiger partial charge is 0.144 e. The fourth-order valence-corrected chi connectivity index (χ4v) is 1.62. The Bertz CT molecular complexity index is 399. The number of aryl methyl sites for hydroxylation is 1. The van der Waals surface area contributed by atoms with Gasteiger partial charge in [-0.05, 0) is 24.1 Å². The molecule has 0 amide bonds. The Labute approximate surface area is 102 Å². The summed E-state index contributed by atoms with van der Waals surface area (Å²) in [4.78, 5) is 12.0. The minimum absolute atomic E-state index is 0.126. The van der Waals surface area contributed by atoms with Gasteiger partial charge in [-0.2, -0.15) is 0 Å². The molecule has 2 nitrogen and oxygen atoms in total. The first-order valence-corrected chi connectivity index (χ1v) is 5.73. The van der Waals surface area contributed by atoms with Gasteiger partial charge in [0.1, 0.15) is 5.78 Å². The second-order valence-electron chi connectivity index (χ2n) is 4.78. The van der Waals surface area contributed by atoms with Crippen molar-refractivity contribution in [1.82, 2.24) is 0 Å². The van der Waals surface area contributed by atoms with Crippen molar-refractivity contribution in [2.45, 2.75) is 27.2 Å². The zero-order valence-electron chi connectivity index (χ0n) is 10.0. The van der Waals surface area contributed by atoms with Crippen LogP contribution < -0.4 is 5.73 Å². The number of benzene rings is 1. The highest BCUT2D eigenvalue weighted by molar-refractivity contribution is 6.31. The van der Waals surface area contributed by atoms with Crippen LogP contribution in [0.2, 0.25) is 5.02 Å². The highest BCUT2D eigenvalue weighted by Crippen LogP contribution is 2.22. The Morgan fingerprint density at radius 1 is 1.44 bits per heavy atom. The van der Waals surface area contributed by atoms with Gasteiger partial charge in [-0.1, -0.05) is 37.6 Å². The molecule has 1 aromatic rings. The SMILES string of the molecule is Cc1ccc(CC(=O)C(C)(C)CN)c(Cl)c1. The second-order valence-corrected chi connectivity index (χ2v) is 5.19. The second kappa shape index (κ2) is 4.98. The van der Waals surface area contributed by atoms with Crippen LogP contribution >= 0.6 is 11.6 Å². The van der Waals surface area contributed by atoms with Crippen LogP contribution in [0.25, 0.3) is 0 Å². The summed E-state index contributed by atoms with van der Waals surface area (Å²) in [6.07, 6.45) is 0.351. The minimum atomic E-state index is -0.478. The Morgan fingerprint density at radius 3 is 2.56 bits per heavy atom. The molecular formula is C13H18ClNO. The maximum Gasteiger partial charge on any atom is 0.144 e. The summed E-state index contributed by atoms with van der Waals surface area (Å²) >= 11 is 6.08. The lowest BCUT2D eigenvalue weighted by Crippen LogP contribution is -2.33. The van der Waals surface area contributed by atoms with Crippen LogP contribution in [-0.4, -0.2) is 12.3 Å². The first-order chi connectivity index (χ1) is 7.36. The molecule has 0 heterocycles. The Balaban J connectivity index is 2.85. The molecule has 0 atom stereocenters. The minimum Gasteiger partial charge on any atom is -0.329 e. The molecule has 0 bridgehead atoms. The highest BCUT2D eigenvalue weighted by Gasteiger charge is 2.25. The van der Waals surface area contributed by atoms with E-state index in [1.165, 1.54) is 0 Å². The van der Waals surface area contributed by atoms with E-state index in [1.54, 1.807) is 0 Å². The van der Waals surface area contributed by atoms with Crippen molar-refractivity contribution >= 4 is 17.4 Å². The number of Topliss-reactive ketones (excluding diaryl/α,β-unsaturated/α-hetero) is 1. The number of carbonyl (C=O) groups is 1. The van der Waals surface area contributed by atoms with Crippen LogP contribution in [-0.2, 0) is 11.2 Å². The van der Waals surface area contributed by atoms with E-state index in [0.717, 1.165) is 11.1 Å². The quantitative estimate of drug-likeness (QED) is 0.878. The van der Waals surface area contributed by atoms with E-state index in [2.05, 4.69) is 0 Å². The van der Waals surface area contributed by atoms with E-state index in [4.69, 9.17) is 17.3 Å². The number of ketones is 1. The molecule has 0 aromatic heterocycles. The summed E-state index contributed by atoms with van der Waals surface area (Å²) in [5, 5.41) is 0.654. The van der Waals surface area contributed by atoms with E-state index in [0.29, 0.717) is 18.0 Å². The van der Waals surface area contributed by atoms with Gasteiger partial charge in [0.15, 0.2) is 0 Å². The van der Waals surface area contributed by atoms with Crippen molar-refractivity contribution in [3.05, 3.63) is 34.3 Å². The maximum atomic E-state index is 12.0. The average Bonchev–Trinajstić information content (AvgIpc) is 2.22. The highest BCUT2D eigenvalue weighted by atomic mass is 35.5. The summed E-state index contributed by atoms with van der Waals surface area (Å²) in [6, 6.07) is 5.74. The first-order valence-electron chi connectivity index (χ1n) is 5.35. The van der Waals surface area contributed by atoms with Gasteiger partial charge in [0, 0.05) is 23.4 Å². The van der Waals surface area contributed by atoms with Crippen LogP contribution in [0.5, 0.6) is 0 Å². The Morgan fingerprint density at radius 2 is 2.06 bits per heavy atom. The molecule has 3 heteroatoms. The molecule has 0 aliphatic heterocycles. The predicted octanol–water partition coefficient (Wildman–Crippen LogP) is 2.74. The van der Waals surface area contributed by atoms with Crippen molar-refractivity contribution in [3.63, 3.8) is 0 Å². The number of nitrogens with two attached hydrogens (primary N) is 1. The summed E-state index contributed by atoms with van der Waals surface area (Å²) in [5.74, 6) is 0.126. The zero-order valence-corrected chi connectivity index (χ0v) is 10.8. The Kier molecular flexibility index (Phi) is 4.11. The maximum absolute atomic E-state index is 12.0. The number of carbonyl (C=O) groups excluding carboxylic acids is 1. The normalized spacial score (nSPS) is 11.6.